The van der Waals surface area contributed by atoms with Crippen molar-refractivity contribution in [1.82, 2.24) is 4.90 Å². The number of amides is 2. The van der Waals surface area contributed by atoms with Crippen LogP contribution in [0, 0.1) is 10.1 Å². The summed E-state index contributed by atoms with van der Waals surface area (Å²) >= 11 is 0. The van der Waals surface area contributed by atoms with Gasteiger partial charge in [-0.1, -0.05) is 0 Å². The summed E-state index contributed by atoms with van der Waals surface area (Å²) in [6.45, 7) is 4.00. The Labute approximate surface area is 179 Å². The zero-order valence-electron chi connectivity index (χ0n) is 17.1. The molecule has 0 N–H and O–H groups in total. The van der Waals surface area contributed by atoms with Crippen LogP contribution in [0.4, 0.5) is 17.1 Å². The number of nitro benzene ring substituents is 1. The topological polar surface area (TPSA) is 104 Å². The van der Waals surface area contributed by atoms with Crippen LogP contribution in [0.1, 0.15) is 23.7 Å². The molecule has 9 heteroatoms. The van der Waals surface area contributed by atoms with E-state index in [1.54, 1.807) is 36.4 Å². The molecule has 1 atom stereocenters. The molecule has 0 aromatic heterocycles. The highest BCUT2D eigenvalue weighted by atomic mass is 16.6. The lowest BCUT2D eigenvalue weighted by Gasteiger charge is -2.38. The lowest BCUT2D eigenvalue weighted by atomic mass is 10.1. The number of anilines is 2. The molecule has 2 aliphatic heterocycles. The fourth-order valence-electron chi connectivity index (χ4n) is 4.09. The minimum absolute atomic E-state index is 0.0499. The molecule has 9 nitrogen and oxygen atoms in total. The zero-order chi connectivity index (χ0) is 22.1. The third-order valence-corrected chi connectivity index (χ3v) is 5.84. The first-order valence-corrected chi connectivity index (χ1v) is 10.1. The maximum absolute atomic E-state index is 13.0. The number of carbonyl (C=O) groups excluding carboxylic acids is 3. The number of piperazine rings is 1. The van der Waals surface area contributed by atoms with Gasteiger partial charge in [0.2, 0.25) is 5.91 Å². The van der Waals surface area contributed by atoms with Gasteiger partial charge in [0.25, 0.3) is 11.6 Å². The SMILES string of the molecule is CC(=O)c1ccc(N2C(=O)C[C@H](N3CCN(c4ccc([N+](=O)[O-])cc4)CC3)C2=O)cc1. The summed E-state index contributed by atoms with van der Waals surface area (Å²) in [6.07, 6.45) is 0.130. The number of rotatable bonds is 5. The number of hydrogen-bond acceptors (Lipinski definition) is 7. The molecule has 2 aromatic carbocycles. The van der Waals surface area contributed by atoms with E-state index in [1.807, 2.05) is 4.90 Å². The number of imide groups is 1. The predicted octanol–water partition coefficient (Wildman–Crippen LogP) is 2.25. The molecule has 2 aromatic rings. The van der Waals surface area contributed by atoms with Gasteiger partial charge in [-0.15, -0.1) is 0 Å². The minimum Gasteiger partial charge on any atom is -0.369 e. The molecule has 0 radical (unpaired) electrons. The van der Waals surface area contributed by atoms with Gasteiger partial charge in [-0.2, -0.15) is 0 Å². The summed E-state index contributed by atoms with van der Waals surface area (Å²) in [5.74, 6) is -0.567. The van der Waals surface area contributed by atoms with Crippen LogP contribution in [-0.2, 0) is 9.59 Å². The second-order valence-electron chi connectivity index (χ2n) is 7.69. The molecule has 0 aliphatic carbocycles. The van der Waals surface area contributed by atoms with Gasteiger partial charge in [-0.25, -0.2) is 4.90 Å². The van der Waals surface area contributed by atoms with Crippen LogP contribution in [0.2, 0.25) is 0 Å². The first-order chi connectivity index (χ1) is 14.8. The van der Waals surface area contributed by atoms with Crippen LogP contribution in [0.15, 0.2) is 48.5 Å². The van der Waals surface area contributed by atoms with E-state index >= 15 is 0 Å². The number of ketones is 1. The summed E-state index contributed by atoms with van der Waals surface area (Å²) in [6, 6.07) is 12.4. The van der Waals surface area contributed by atoms with E-state index < -0.39 is 11.0 Å². The molecule has 0 bridgehead atoms. The van der Waals surface area contributed by atoms with Gasteiger partial charge in [-0.3, -0.25) is 29.4 Å². The van der Waals surface area contributed by atoms with Crippen molar-refractivity contribution >= 4 is 34.7 Å². The van der Waals surface area contributed by atoms with Crippen molar-refractivity contribution in [3.05, 3.63) is 64.2 Å². The Morgan fingerprint density at radius 3 is 2.06 bits per heavy atom. The van der Waals surface area contributed by atoms with Crippen molar-refractivity contribution in [1.29, 1.82) is 0 Å². The number of Topliss-reactive ketones (excluding diaryl/α,β-unsaturated/α-hetero) is 1. The Balaban J connectivity index is 1.41. The van der Waals surface area contributed by atoms with E-state index in [1.165, 1.54) is 24.0 Å². The second kappa shape index (κ2) is 8.27. The second-order valence-corrected chi connectivity index (χ2v) is 7.69. The van der Waals surface area contributed by atoms with Crippen molar-refractivity contribution in [3.8, 4) is 0 Å². The smallest absolute Gasteiger partial charge is 0.269 e. The van der Waals surface area contributed by atoms with Crippen LogP contribution in [0.25, 0.3) is 0 Å². The summed E-state index contributed by atoms with van der Waals surface area (Å²) in [4.78, 5) is 52.8. The van der Waals surface area contributed by atoms with Crippen LogP contribution < -0.4 is 9.80 Å². The van der Waals surface area contributed by atoms with Crippen molar-refractivity contribution in [2.75, 3.05) is 36.0 Å². The van der Waals surface area contributed by atoms with Gasteiger partial charge in [0.05, 0.1) is 23.1 Å². The Hall–Kier alpha value is -3.59. The predicted molar refractivity (Wildman–Crippen MR) is 114 cm³/mol. The van der Waals surface area contributed by atoms with Gasteiger partial charge in [-0.05, 0) is 43.3 Å². The molecule has 0 unspecified atom stereocenters. The number of nitrogens with zero attached hydrogens (tertiary/aromatic N) is 4. The highest BCUT2D eigenvalue weighted by Gasteiger charge is 2.43. The number of carbonyl (C=O) groups is 3. The maximum atomic E-state index is 13.0. The highest BCUT2D eigenvalue weighted by Crippen LogP contribution is 2.28. The monoisotopic (exact) mass is 422 g/mol. The van der Waals surface area contributed by atoms with Crippen LogP contribution >= 0.6 is 0 Å². The Morgan fingerprint density at radius 2 is 1.52 bits per heavy atom. The molecular weight excluding hydrogens is 400 g/mol. The van der Waals surface area contributed by atoms with Crippen LogP contribution in [0.3, 0.4) is 0 Å². The molecule has 31 heavy (non-hydrogen) atoms. The molecule has 2 heterocycles. The number of nitro groups is 1. The van der Waals surface area contributed by atoms with E-state index in [0.717, 1.165) is 5.69 Å². The normalized spacial score (nSPS) is 19.7. The third-order valence-electron chi connectivity index (χ3n) is 5.84. The first kappa shape index (κ1) is 20.7. The standard InChI is InChI=1S/C22H22N4O5/c1-15(27)16-2-4-18(5-3-16)25-21(28)14-20(22(25)29)24-12-10-23(11-13-24)17-6-8-19(9-7-17)26(30)31/h2-9,20H,10-14H2,1H3/t20-/m0/s1. The maximum Gasteiger partial charge on any atom is 0.269 e. The van der Waals surface area contributed by atoms with Crippen molar-refractivity contribution in [3.63, 3.8) is 0 Å². The molecule has 4 rings (SSSR count). The zero-order valence-corrected chi connectivity index (χ0v) is 17.1. The number of benzene rings is 2. The van der Waals surface area contributed by atoms with Gasteiger partial charge in [0.1, 0.15) is 0 Å². The quantitative estimate of drug-likeness (QED) is 0.315. The van der Waals surface area contributed by atoms with Gasteiger partial charge in [0, 0.05) is 49.6 Å². The van der Waals surface area contributed by atoms with Gasteiger partial charge >= 0.3 is 0 Å². The summed E-state index contributed by atoms with van der Waals surface area (Å²) in [7, 11) is 0. The average molecular weight is 422 g/mol. The largest absolute Gasteiger partial charge is 0.369 e. The van der Waals surface area contributed by atoms with E-state index in [2.05, 4.69) is 4.90 Å². The highest BCUT2D eigenvalue weighted by molar-refractivity contribution is 6.22. The van der Waals surface area contributed by atoms with Crippen molar-refractivity contribution < 1.29 is 19.3 Å². The lowest BCUT2D eigenvalue weighted by Crippen LogP contribution is -2.52. The molecule has 0 saturated carbocycles. The molecular formula is C22H22N4O5. The minimum atomic E-state index is -0.501. The average Bonchev–Trinajstić information content (AvgIpc) is 3.08. The summed E-state index contributed by atoms with van der Waals surface area (Å²) in [5, 5.41) is 10.8. The van der Waals surface area contributed by atoms with Crippen LogP contribution in [-0.4, -0.2) is 59.6 Å². The molecule has 2 fully saturated rings. The fraction of sp³-hybridized carbons (Fsp3) is 0.318. The van der Waals surface area contributed by atoms with E-state index in [-0.39, 0.29) is 29.7 Å². The van der Waals surface area contributed by atoms with E-state index in [9.17, 15) is 24.5 Å². The number of non-ortho nitro benzene ring substituents is 1. The summed E-state index contributed by atoms with van der Waals surface area (Å²) < 4.78 is 0. The van der Waals surface area contributed by atoms with E-state index in [4.69, 9.17) is 0 Å². The molecule has 2 amide bonds. The van der Waals surface area contributed by atoms with Crippen molar-refractivity contribution in [2.45, 2.75) is 19.4 Å². The fourth-order valence-corrected chi connectivity index (χ4v) is 4.09. The Bertz CT molecular complexity index is 1030. The van der Waals surface area contributed by atoms with Crippen LogP contribution in [0.5, 0.6) is 0 Å². The molecule has 160 valence electrons. The Kier molecular flexibility index (Phi) is 5.51. The van der Waals surface area contributed by atoms with Gasteiger partial charge < -0.3 is 4.90 Å². The summed E-state index contributed by atoms with van der Waals surface area (Å²) in [5.41, 5.74) is 1.95. The number of hydrogen-bond donors (Lipinski definition) is 0. The van der Waals surface area contributed by atoms with Crippen molar-refractivity contribution in [2.24, 2.45) is 0 Å². The lowest BCUT2D eigenvalue weighted by molar-refractivity contribution is -0.384. The van der Waals surface area contributed by atoms with E-state index in [0.29, 0.717) is 37.4 Å². The Morgan fingerprint density at radius 1 is 0.935 bits per heavy atom. The third kappa shape index (κ3) is 4.04. The van der Waals surface area contributed by atoms with Gasteiger partial charge in [0.15, 0.2) is 5.78 Å². The molecule has 2 saturated heterocycles. The first-order valence-electron chi connectivity index (χ1n) is 10.1. The molecule has 2 aliphatic rings. The molecule has 0 spiro atoms.